The van der Waals surface area contributed by atoms with E-state index in [1.807, 2.05) is 44.2 Å². The van der Waals surface area contributed by atoms with Crippen molar-refractivity contribution in [3.8, 4) is 0 Å². The van der Waals surface area contributed by atoms with E-state index in [1.165, 1.54) is 12.1 Å². The lowest BCUT2D eigenvalue weighted by atomic mass is 10.1. The van der Waals surface area contributed by atoms with E-state index in [1.54, 1.807) is 17.0 Å². The molecule has 2 aromatic carbocycles. The fraction of sp³-hybridized carbons (Fsp3) is 0.435. The molecule has 2 heterocycles. The number of carbonyl (C=O) groups is 1. The lowest BCUT2D eigenvalue weighted by molar-refractivity contribution is 0.0315. The third-order valence-electron chi connectivity index (χ3n) is 5.23. The molecule has 2 saturated heterocycles. The molecular formula is C23H31FN2O3. The minimum atomic E-state index is -0.301. The van der Waals surface area contributed by atoms with Crippen LogP contribution in [0.15, 0.2) is 54.6 Å². The Balaban J connectivity index is 0.00000104. The monoisotopic (exact) mass is 402 g/mol. The van der Waals surface area contributed by atoms with Gasteiger partial charge in [-0.1, -0.05) is 56.3 Å². The van der Waals surface area contributed by atoms with E-state index in [4.69, 9.17) is 9.47 Å². The number of hydrogen-bond acceptors (Lipinski definition) is 4. The SMILES string of the molecule is CC.O=C(OCc1ccccc1)N1C[C@H](OCc2ccc(F)cc2)[C@H]2NCC[C@H]21.[HH]. The highest BCUT2D eigenvalue weighted by molar-refractivity contribution is 5.69. The zero-order valence-electron chi connectivity index (χ0n) is 17.0. The first-order valence-corrected chi connectivity index (χ1v) is 10.3. The maximum atomic E-state index is 13.0. The number of nitrogens with one attached hydrogen (secondary N) is 1. The number of halogens is 1. The summed E-state index contributed by atoms with van der Waals surface area (Å²) in [5.74, 6) is -0.260. The average molecular weight is 403 g/mol. The Labute approximate surface area is 173 Å². The first-order chi connectivity index (χ1) is 14.2. The zero-order chi connectivity index (χ0) is 20.6. The molecular weight excluding hydrogens is 371 g/mol. The van der Waals surface area contributed by atoms with Gasteiger partial charge in [-0.2, -0.15) is 0 Å². The van der Waals surface area contributed by atoms with E-state index in [-0.39, 0.29) is 38.1 Å². The third-order valence-corrected chi connectivity index (χ3v) is 5.23. The standard InChI is InChI=1S/C21H23FN2O3.C2H6.H2/c22-17-8-6-16(7-9-17)13-26-19-12-24(18-10-11-23-20(18)19)21(25)27-14-15-4-2-1-3-5-15;1-2;/h1-9,18-20,23H,10-14H2;1-2H3;1H/t18-,19+,20+;;/m1../s1. The predicted octanol–water partition coefficient (Wildman–Crippen LogP) is 4.37. The Hall–Kier alpha value is -2.44. The van der Waals surface area contributed by atoms with Crippen LogP contribution < -0.4 is 5.32 Å². The van der Waals surface area contributed by atoms with Crippen LogP contribution in [0.2, 0.25) is 0 Å². The number of amides is 1. The van der Waals surface area contributed by atoms with E-state index in [9.17, 15) is 9.18 Å². The number of carbonyl (C=O) groups excluding carboxylic acids is 1. The Kier molecular flexibility index (Phi) is 7.61. The van der Waals surface area contributed by atoms with Crippen molar-refractivity contribution in [2.45, 2.75) is 51.7 Å². The molecule has 6 heteroatoms. The van der Waals surface area contributed by atoms with Crippen molar-refractivity contribution in [3.63, 3.8) is 0 Å². The van der Waals surface area contributed by atoms with E-state index >= 15 is 0 Å². The second-order valence-corrected chi connectivity index (χ2v) is 7.00. The Morgan fingerprint density at radius 2 is 1.79 bits per heavy atom. The number of rotatable bonds is 5. The van der Waals surface area contributed by atoms with Gasteiger partial charge < -0.3 is 19.7 Å². The second-order valence-electron chi connectivity index (χ2n) is 7.00. The van der Waals surface area contributed by atoms with Crippen molar-refractivity contribution in [3.05, 3.63) is 71.5 Å². The topological polar surface area (TPSA) is 50.8 Å². The molecule has 158 valence electrons. The summed E-state index contributed by atoms with van der Waals surface area (Å²) in [4.78, 5) is 14.4. The van der Waals surface area contributed by atoms with E-state index in [2.05, 4.69) is 5.32 Å². The van der Waals surface area contributed by atoms with Crippen LogP contribution in [0.1, 0.15) is 32.8 Å². The maximum absolute atomic E-state index is 13.0. The fourth-order valence-electron chi connectivity index (χ4n) is 3.84. The van der Waals surface area contributed by atoms with Crippen LogP contribution in [0.4, 0.5) is 9.18 Å². The lowest BCUT2D eigenvalue weighted by Gasteiger charge is -2.22. The number of hydrogen-bond donors (Lipinski definition) is 1. The molecule has 2 aliphatic rings. The molecule has 0 aliphatic carbocycles. The van der Waals surface area contributed by atoms with Gasteiger partial charge in [-0.05, 0) is 36.2 Å². The predicted molar refractivity (Wildman–Crippen MR) is 112 cm³/mol. The molecule has 0 unspecified atom stereocenters. The molecule has 5 nitrogen and oxygen atoms in total. The van der Waals surface area contributed by atoms with Gasteiger partial charge in [0.15, 0.2) is 0 Å². The van der Waals surface area contributed by atoms with Gasteiger partial charge >= 0.3 is 6.09 Å². The van der Waals surface area contributed by atoms with Crippen molar-refractivity contribution in [1.82, 2.24) is 10.2 Å². The van der Waals surface area contributed by atoms with Crippen molar-refractivity contribution in [2.24, 2.45) is 0 Å². The molecule has 29 heavy (non-hydrogen) atoms. The van der Waals surface area contributed by atoms with Crippen LogP contribution in [0.25, 0.3) is 0 Å². The summed E-state index contributed by atoms with van der Waals surface area (Å²) in [6, 6.07) is 16.1. The van der Waals surface area contributed by atoms with Gasteiger partial charge in [0.1, 0.15) is 12.4 Å². The molecule has 2 aliphatic heterocycles. The number of nitrogens with zero attached hydrogens (tertiary/aromatic N) is 1. The first kappa shape index (κ1) is 21.3. The molecule has 0 bridgehead atoms. The van der Waals surface area contributed by atoms with Gasteiger partial charge in [0.25, 0.3) is 0 Å². The summed E-state index contributed by atoms with van der Waals surface area (Å²) >= 11 is 0. The van der Waals surface area contributed by atoms with Gasteiger partial charge in [0.05, 0.1) is 31.3 Å². The summed E-state index contributed by atoms with van der Waals surface area (Å²) < 4.78 is 24.6. The number of fused-ring (bicyclic) bond motifs is 1. The minimum Gasteiger partial charge on any atom is -0.445 e. The lowest BCUT2D eigenvalue weighted by Crippen LogP contribution is -2.40. The van der Waals surface area contributed by atoms with Crippen LogP contribution in [-0.4, -0.2) is 42.3 Å². The van der Waals surface area contributed by atoms with Crippen LogP contribution >= 0.6 is 0 Å². The van der Waals surface area contributed by atoms with Crippen LogP contribution in [0.5, 0.6) is 0 Å². The third kappa shape index (κ3) is 5.34. The Morgan fingerprint density at radius 1 is 1.10 bits per heavy atom. The minimum absolute atomic E-state index is 0. The summed E-state index contributed by atoms with van der Waals surface area (Å²) in [5, 5.41) is 3.44. The van der Waals surface area contributed by atoms with Crippen molar-refractivity contribution < 1.29 is 20.1 Å². The molecule has 2 fully saturated rings. The smallest absolute Gasteiger partial charge is 0.410 e. The van der Waals surface area contributed by atoms with E-state index in [0.29, 0.717) is 13.2 Å². The summed E-state index contributed by atoms with van der Waals surface area (Å²) in [6.45, 7) is 6.01. The molecule has 0 radical (unpaired) electrons. The number of benzene rings is 2. The largest absolute Gasteiger partial charge is 0.445 e. The maximum Gasteiger partial charge on any atom is 0.410 e. The van der Waals surface area contributed by atoms with Crippen molar-refractivity contribution in [1.29, 1.82) is 0 Å². The van der Waals surface area contributed by atoms with E-state index in [0.717, 1.165) is 24.1 Å². The molecule has 2 aromatic rings. The van der Waals surface area contributed by atoms with E-state index < -0.39 is 0 Å². The molecule has 3 atom stereocenters. The van der Waals surface area contributed by atoms with Gasteiger partial charge in [-0.15, -0.1) is 0 Å². The molecule has 1 N–H and O–H groups in total. The highest BCUT2D eigenvalue weighted by Crippen LogP contribution is 2.29. The first-order valence-electron chi connectivity index (χ1n) is 10.3. The quantitative estimate of drug-likeness (QED) is 0.807. The van der Waals surface area contributed by atoms with Gasteiger partial charge in [0.2, 0.25) is 0 Å². The molecule has 0 aromatic heterocycles. The fourth-order valence-corrected chi connectivity index (χ4v) is 3.84. The molecule has 0 saturated carbocycles. The summed E-state index contributed by atoms with van der Waals surface area (Å²) in [6.07, 6.45) is 0.485. The van der Waals surface area contributed by atoms with Gasteiger partial charge in [-0.25, -0.2) is 9.18 Å². The molecule has 1 amide bonds. The Bertz CT molecular complexity index is 776. The number of ether oxygens (including phenoxy) is 2. The normalized spacial score (nSPS) is 22.6. The summed E-state index contributed by atoms with van der Waals surface area (Å²) in [7, 11) is 0. The van der Waals surface area contributed by atoms with Crippen LogP contribution in [0, 0.1) is 5.82 Å². The second kappa shape index (κ2) is 10.4. The van der Waals surface area contributed by atoms with Gasteiger partial charge in [-0.3, -0.25) is 0 Å². The average Bonchev–Trinajstić information content (AvgIpc) is 3.37. The van der Waals surface area contributed by atoms with Crippen molar-refractivity contribution >= 4 is 6.09 Å². The molecule has 4 rings (SSSR count). The highest BCUT2D eigenvalue weighted by atomic mass is 19.1. The van der Waals surface area contributed by atoms with Crippen LogP contribution in [-0.2, 0) is 22.7 Å². The molecule has 0 spiro atoms. The number of likely N-dealkylation sites (tertiary alicyclic amines) is 1. The summed E-state index contributed by atoms with van der Waals surface area (Å²) in [5.41, 5.74) is 1.88. The van der Waals surface area contributed by atoms with Gasteiger partial charge in [0, 0.05) is 1.43 Å². The highest BCUT2D eigenvalue weighted by Gasteiger charge is 2.47. The Morgan fingerprint density at radius 3 is 2.52 bits per heavy atom. The zero-order valence-corrected chi connectivity index (χ0v) is 17.0. The van der Waals surface area contributed by atoms with Crippen LogP contribution in [0.3, 0.4) is 0 Å². The van der Waals surface area contributed by atoms with Crippen molar-refractivity contribution in [2.75, 3.05) is 13.1 Å².